The zero-order valence-corrected chi connectivity index (χ0v) is 14.9. The van der Waals surface area contributed by atoms with Gasteiger partial charge in [-0.2, -0.15) is 0 Å². The lowest BCUT2D eigenvalue weighted by Gasteiger charge is -2.45. The van der Waals surface area contributed by atoms with Crippen molar-refractivity contribution in [3.05, 3.63) is 59.2 Å². The van der Waals surface area contributed by atoms with E-state index in [4.69, 9.17) is 9.47 Å². The van der Waals surface area contributed by atoms with Crippen LogP contribution in [0.4, 0.5) is 8.78 Å². The van der Waals surface area contributed by atoms with E-state index < -0.39 is 11.2 Å². The van der Waals surface area contributed by atoms with E-state index in [1.807, 2.05) is 0 Å². The summed E-state index contributed by atoms with van der Waals surface area (Å²) in [6.07, 6.45) is 2.39. The third-order valence-corrected chi connectivity index (χ3v) is 5.62. The summed E-state index contributed by atoms with van der Waals surface area (Å²) in [4.78, 5) is 0. The van der Waals surface area contributed by atoms with Crippen LogP contribution in [0.1, 0.15) is 30.4 Å². The number of aliphatic hydroxyl groups is 2. The summed E-state index contributed by atoms with van der Waals surface area (Å²) in [6, 6.07) is 8.69. The van der Waals surface area contributed by atoms with Crippen LogP contribution in [0.3, 0.4) is 0 Å². The van der Waals surface area contributed by atoms with Gasteiger partial charge in [0.25, 0.3) is 0 Å². The molecule has 0 spiro atoms. The molecule has 4 rings (SSSR count). The molecule has 0 bridgehead atoms. The molecule has 2 aromatic rings. The van der Waals surface area contributed by atoms with Gasteiger partial charge in [-0.05, 0) is 73.2 Å². The fourth-order valence-corrected chi connectivity index (χ4v) is 4.15. The van der Waals surface area contributed by atoms with Gasteiger partial charge in [-0.3, -0.25) is 0 Å². The van der Waals surface area contributed by atoms with Gasteiger partial charge in [0.2, 0.25) is 0 Å². The maximum absolute atomic E-state index is 13.4. The molecule has 0 saturated heterocycles. The highest BCUT2D eigenvalue weighted by atomic mass is 19.1. The van der Waals surface area contributed by atoms with Gasteiger partial charge in [-0.15, -0.1) is 0 Å². The maximum atomic E-state index is 13.4. The summed E-state index contributed by atoms with van der Waals surface area (Å²) in [6.45, 7) is -0.490. The quantitative estimate of drug-likeness (QED) is 0.861. The van der Waals surface area contributed by atoms with Gasteiger partial charge in [0, 0.05) is 6.42 Å². The number of aryl methyl sites for hydroxylation is 2. The van der Waals surface area contributed by atoms with Crippen molar-refractivity contribution < 1.29 is 28.5 Å². The summed E-state index contributed by atoms with van der Waals surface area (Å²) in [7, 11) is 0. The Morgan fingerprint density at radius 2 is 1.22 bits per heavy atom. The molecule has 2 aliphatic heterocycles. The fourth-order valence-electron chi connectivity index (χ4n) is 4.15. The Bertz CT molecular complexity index is 787. The Balaban J connectivity index is 1.60. The number of rotatable bonds is 4. The van der Waals surface area contributed by atoms with Crippen LogP contribution in [0.5, 0.6) is 11.5 Å². The van der Waals surface area contributed by atoms with E-state index in [-0.39, 0.29) is 31.3 Å². The Labute approximate surface area is 156 Å². The van der Waals surface area contributed by atoms with E-state index in [1.54, 1.807) is 12.1 Å². The number of ether oxygens (including phenoxy) is 2. The number of benzene rings is 2. The summed E-state index contributed by atoms with van der Waals surface area (Å²) < 4.78 is 39.1. The van der Waals surface area contributed by atoms with Crippen LogP contribution in [0, 0.1) is 11.6 Å². The van der Waals surface area contributed by atoms with Crippen LogP contribution in [0.25, 0.3) is 0 Å². The molecule has 0 aromatic heterocycles. The predicted molar refractivity (Wildman–Crippen MR) is 94.9 cm³/mol. The van der Waals surface area contributed by atoms with Gasteiger partial charge in [-0.1, -0.05) is 0 Å². The van der Waals surface area contributed by atoms with E-state index in [2.05, 4.69) is 0 Å². The normalized spacial score (nSPS) is 26.5. The number of hydrogen-bond donors (Lipinski definition) is 2. The highest BCUT2D eigenvalue weighted by Gasteiger charge is 2.47. The van der Waals surface area contributed by atoms with Gasteiger partial charge in [0.15, 0.2) is 0 Å². The zero-order valence-electron chi connectivity index (χ0n) is 14.9. The second-order valence-electron chi connectivity index (χ2n) is 7.57. The first-order chi connectivity index (χ1) is 13.0. The summed E-state index contributed by atoms with van der Waals surface area (Å²) in [5, 5.41) is 20.2. The average molecular weight is 376 g/mol. The van der Waals surface area contributed by atoms with Crippen LogP contribution in [0.15, 0.2) is 36.4 Å². The molecule has 0 saturated carbocycles. The van der Waals surface area contributed by atoms with E-state index in [1.165, 1.54) is 24.3 Å². The topological polar surface area (TPSA) is 58.9 Å². The molecular formula is C21H22F2O4. The molecule has 144 valence electrons. The van der Waals surface area contributed by atoms with Crippen molar-refractivity contribution >= 4 is 0 Å². The largest absolute Gasteiger partial charge is 0.484 e. The molecule has 4 nitrogen and oxygen atoms in total. The maximum Gasteiger partial charge on any atom is 0.136 e. The first-order valence-electron chi connectivity index (χ1n) is 9.13. The highest BCUT2D eigenvalue weighted by molar-refractivity contribution is 5.38. The van der Waals surface area contributed by atoms with Crippen LogP contribution in [-0.2, 0) is 12.8 Å². The molecule has 0 radical (unpaired) electrons. The van der Waals surface area contributed by atoms with Crippen molar-refractivity contribution in [2.75, 3.05) is 13.2 Å². The van der Waals surface area contributed by atoms with Gasteiger partial charge < -0.3 is 19.7 Å². The van der Waals surface area contributed by atoms with E-state index in [0.29, 0.717) is 37.2 Å². The molecular weight excluding hydrogens is 354 g/mol. The fraction of sp³-hybridized carbons (Fsp3) is 0.429. The van der Waals surface area contributed by atoms with Crippen molar-refractivity contribution in [1.29, 1.82) is 0 Å². The monoisotopic (exact) mass is 376 g/mol. The van der Waals surface area contributed by atoms with Gasteiger partial charge in [0.05, 0.1) is 13.2 Å². The second-order valence-corrected chi connectivity index (χ2v) is 7.57. The van der Waals surface area contributed by atoms with Crippen LogP contribution in [-0.4, -0.2) is 34.6 Å². The SMILES string of the molecule is OCC1(CC2(CO)CCc3cc(F)ccc3O2)CCc2cc(F)ccc2O1. The molecule has 27 heavy (non-hydrogen) atoms. The molecule has 2 heterocycles. The third-order valence-electron chi connectivity index (χ3n) is 5.62. The van der Waals surface area contributed by atoms with Crippen molar-refractivity contribution in [3.8, 4) is 11.5 Å². The molecule has 2 aliphatic rings. The van der Waals surface area contributed by atoms with Crippen LogP contribution < -0.4 is 9.47 Å². The Morgan fingerprint density at radius 1 is 0.778 bits per heavy atom. The number of hydrogen-bond acceptors (Lipinski definition) is 4. The molecule has 2 atom stereocenters. The van der Waals surface area contributed by atoms with E-state index in [9.17, 15) is 19.0 Å². The number of aliphatic hydroxyl groups excluding tert-OH is 2. The molecule has 2 N–H and O–H groups in total. The first kappa shape index (κ1) is 18.2. The second kappa shape index (κ2) is 6.77. The smallest absolute Gasteiger partial charge is 0.136 e. The Morgan fingerprint density at radius 3 is 1.63 bits per heavy atom. The Hall–Kier alpha value is -2.18. The minimum atomic E-state index is -0.926. The van der Waals surface area contributed by atoms with E-state index in [0.717, 1.165) is 11.1 Å². The molecule has 2 aromatic carbocycles. The van der Waals surface area contributed by atoms with Crippen molar-refractivity contribution in [1.82, 2.24) is 0 Å². The summed E-state index contributed by atoms with van der Waals surface area (Å²) in [5.41, 5.74) is -0.319. The lowest BCUT2D eigenvalue weighted by atomic mass is 9.78. The minimum Gasteiger partial charge on any atom is -0.484 e. The third kappa shape index (κ3) is 3.39. The zero-order chi connectivity index (χ0) is 19.1. The molecule has 0 amide bonds. The standard InChI is InChI=1S/C21H22F2O4/c22-16-1-3-18-14(9-16)5-7-20(12-24,26-18)11-21(13-25)8-6-15-10-17(23)2-4-19(15)27-21/h1-4,9-10,24-25H,5-8,11-13H2. The van der Waals surface area contributed by atoms with Gasteiger partial charge >= 0.3 is 0 Å². The van der Waals surface area contributed by atoms with Crippen LogP contribution in [0.2, 0.25) is 0 Å². The van der Waals surface area contributed by atoms with Crippen LogP contribution >= 0.6 is 0 Å². The molecule has 2 unspecified atom stereocenters. The van der Waals surface area contributed by atoms with Gasteiger partial charge in [0.1, 0.15) is 34.3 Å². The number of halogens is 2. The Kier molecular flexibility index (Phi) is 4.56. The van der Waals surface area contributed by atoms with Crippen molar-refractivity contribution in [2.45, 2.75) is 43.3 Å². The average Bonchev–Trinajstić information content (AvgIpc) is 2.68. The van der Waals surface area contributed by atoms with Gasteiger partial charge in [-0.25, -0.2) is 8.78 Å². The highest BCUT2D eigenvalue weighted by Crippen LogP contribution is 2.43. The number of fused-ring (bicyclic) bond motifs is 2. The summed E-state index contributed by atoms with van der Waals surface area (Å²) >= 11 is 0. The minimum absolute atomic E-state index is 0.245. The first-order valence-corrected chi connectivity index (χ1v) is 9.13. The molecule has 0 aliphatic carbocycles. The summed E-state index contributed by atoms with van der Waals surface area (Å²) in [5.74, 6) is 0.450. The lowest BCUT2D eigenvalue weighted by molar-refractivity contribution is -0.0971. The molecule has 6 heteroatoms. The van der Waals surface area contributed by atoms with Crippen molar-refractivity contribution in [3.63, 3.8) is 0 Å². The lowest BCUT2D eigenvalue weighted by Crippen LogP contribution is -2.55. The van der Waals surface area contributed by atoms with Crippen molar-refractivity contribution in [2.24, 2.45) is 0 Å². The van der Waals surface area contributed by atoms with E-state index >= 15 is 0 Å². The predicted octanol–water partition coefficient (Wildman–Crippen LogP) is 3.17. The molecule has 0 fully saturated rings.